The van der Waals surface area contributed by atoms with E-state index in [0.29, 0.717) is 30.8 Å². The quantitative estimate of drug-likeness (QED) is 0.786. The number of nitrogens with zero attached hydrogens (tertiary/aromatic N) is 1. The van der Waals surface area contributed by atoms with Crippen LogP contribution in [0.5, 0.6) is 11.5 Å². The molecule has 0 spiro atoms. The number of hydrogen-bond acceptors (Lipinski definition) is 4. The van der Waals surface area contributed by atoms with Gasteiger partial charge in [0.25, 0.3) is 0 Å². The van der Waals surface area contributed by atoms with Crippen molar-refractivity contribution in [3.63, 3.8) is 0 Å². The Bertz CT molecular complexity index is 570. The molecule has 2 aliphatic heterocycles. The number of carbonyl (C=O) groups is 2. The Hall–Kier alpha value is -2.24. The summed E-state index contributed by atoms with van der Waals surface area (Å²) in [6, 6.07) is 2.70. The van der Waals surface area contributed by atoms with Gasteiger partial charge in [-0.25, -0.2) is 0 Å². The van der Waals surface area contributed by atoms with Gasteiger partial charge in [0.15, 0.2) is 11.5 Å². The van der Waals surface area contributed by atoms with Crippen molar-refractivity contribution in [3.8, 4) is 11.5 Å². The molecule has 100 valence electrons. The topological polar surface area (TPSA) is 78.9 Å². The minimum absolute atomic E-state index is 0.0139. The standard InChI is InChI=1S/C13H14N2O4/c1-19-11-4-7-6-15-9(2-3-12(15)17)13(18)14-8(7)5-10(11)16/h4-5,9,16H,2-3,6H2,1H3,(H,14,18)/t9-/m0/s1. The summed E-state index contributed by atoms with van der Waals surface area (Å²) in [5.74, 6) is 0.0854. The van der Waals surface area contributed by atoms with Gasteiger partial charge in [0, 0.05) is 24.7 Å². The lowest BCUT2D eigenvalue weighted by atomic mass is 10.1. The van der Waals surface area contributed by atoms with E-state index < -0.39 is 6.04 Å². The molecule has 0 unspecified atom stereocenters. The second-order valence-electron chi connectivity index (χ2n) is 4.75. The van der Waals surface area contributed by atoms with Crippen molar-refractivity contribution in [1.29, 1.82) is 0 Å². The Morgan fingerprint density at radius 2 is 2.21 bits per heavy atom. The molecular weight excluding hydrogens is 248 g/mol. The normalized spacial score (nSPS) is 21.5. The van der Waals surface area contributed by atoms with Crippen molar-refractivity contribution in [3.05, 3.63) is 17.7 Å². The summed E-state index contributed by atoms with van der Waals surface area (Å²) in [5, 5.41) is 12.5. The summed E-state index contributed by atoms with van der Waals surface area (Å²) >= 11 is 0. The molecule has 1 aromatic carbocycles. The van der Waals surface area contributed by atoms with Crippen LogP contribution in [0.15, 0.2) is 12.1 Å². The van der Waals surface area contributed by atoms with Crippen LogP contribution in [-0.4, -0.2) is 35.0 Å². The van der Waals surface area contributed by atoms with Gasteiger partial charge in [-0.2, -0.15) is 0 Å². The van der Waals surface area contributed by atoms with E-state index in [-0.39, 0.29) is 17.6 Å². The highest BCUT2D eigenvalue weighted by Gasteiger charge is 2.38. The predicted octanol–water partition coefficient (Wildman–Crippen LogP) is 0.844. The van der Waals surface area contributed by atoms with Crippen molar-refractivity contribution in [2.75, 3.05) is 12.4 Å². The summed E-state index contributed by atoms with van der Waals surface area (Å²) < 4.78 is 5.05. The summed E-state index contributed by atoms with van der Waals surface area (Å²) in [4.78, 5) is 25.4. The molecule has 0 saturated carbocycles. The molecule has 0 aliphatic carbocycles. The van der Waals surface area contributed by atoms with E-state index >= 15 is 0 Å². The van der Waals surface area contributed by atoms with Gasteiger partial charge in [-0.15, -0.1) is 0 Å². The Balaban J connectivity index is 2.06. The molecule has 0 bridgehead atoms. The first-order chi connectivity index (χ1) is 9.10. The van der Waals surface area contributed by atoms with Gasteiger partial charge in [-0.3, -0.25) is 9.59 Å². The largest absolute Gasteiger partial charge is 0.504 e. The second-order valence-corrected chi connectivity index (χ2v) is 4.75. The number of benzene rings is 1. The lowest BCUT2D eigenvalue weighted by Crippen LogP contribution is -2.38. The molecule has 6 heteroatoms. The highest BCUT2D eigenvalue weighted by Crippen LogP contribution is 2.36. The molecule has 1 aromatic rings. The first kappa shape index (κ1) is 11.8. The number of amides is 2. The van der Waals surface area contributed by atoms with Gasteiger partial charge < -0.3 is 20.1 Å². The van der Waals surface area contributed by atoms with Crippen LogP contribution in [0, 0.1) is 0 Å². The number of phenolic OH excluding ortho intramolecular Hbond substituents is 1. The Morgan fingerprint density at radius 3 is 2.95 bits per heavy atom. The fourth-order valence-electron chi connectivity index (χ4n) is 2.63. The van der Waals surface area contributed by atoms with E-state index in [0.717, 1.165) is 5.56 Å². The first-order valence-corrected chi connectivity index (χ1v) is 6.10. The number of methoxy groups -OCH3 is 1. The van der Waals surface area contributed by atoms with Crippen molar-refractivity contribution < 1.29 is 19.4 Å². The zero-order chi connectivity index (χ0) is 13.6. The van der Waals surface area contributed by atoms with Gasteiger partial charge in [0.2, 0.25) is 11.8 Å². The molecule has 19 heavy (non-hydrogen) atoms. The first-order valence-electron chi connectivity index (χ1n) is 6.10. The molecular formula is C13H14N2O4. The average Bonchev–Trinajstić information content (AvgIpc) is 2.67. The third-order valence-corrected chi connectivity index (χ3v) is 3.63. The van der Waals surface area contributed by atoms with E-state index in [2.05, 4.69) is 5.32 Å². The lowest BCUT2D eigenvalue weighted by Gasteiger charge is -2.20. The Labute approximate surface area is 110 Å². The molecule has 2 aliphatic rings. The van der Waals surface area contributed by atoms with Crippen molar-refractivity contribution in [1.82, 2.24) is 4.90 Å². The lowest BCUT2D eigenvalue weighted by molar-refractivity contribution is -0.133. The van der Waals surface area contributed by atoms with Crippen molar-refractivity contribution >= 4 is 17.5 Å². The summed E-state index contributed by atoms with van der Waals surface area (Å²) in [5.41, 5.74) is 1.30. The fraction of sp³-hybridized carbons (Fsp3) is 0.385. The van der Waals surface area contributed by atoms with Gasteiger partial charge in [-0.05, 0) is 18.1 Å². The minimum Gasteiger partial charge on any atom is -0.504 e. The van der Waals surface area contributed by atoms with E-state index in [1.807, 2.05) is 0 Å². The summed E-state index contributed by atoms with van der Waals surface area (Å²) in [6.45, 7) is 0.355. The number of ether oxygens (including phenoxy) is 1. The Kier molecular flexibility index (Phi) is 2.58. The maximum atomic E-state index is 12.1. The average molecular weight is 262 g/mol. The van der Waals surface area contributed by atoms with Crippen LogP contribution in [0.4, 0.5) is 5.69 Å². The number of rotatable bonds is 1. The number of hydrogen-bond donors (Lipinski definition) is 2. The van der Waals surface area contributed by atoms with Crippen LogP contribution in [0.1, 0.15) is 18.4 Å². The zero-order valence-electron chi connectivity index (χ0n) is 10.5. The van der Waals surface area contributed by atoms with Crippen LogP contribution in [0.2, 0.25) is 0 Å². The number of phenols is 1. The fourth-order valence-corrected chi connectivity index (χ4v) is 2.63. The molecule has 3 rings (SSSR count). The van der Waals surface area contributed by atoms with Gasteiger partial charge >= 0.3 is 0 Å². The number of anilines is 1. The highest BCUT2D eigenvalue weighted by atomic mass is 16.5. The molecule has 6 nitrogen and oxygen atoms in total. The maximum Gasteiger partial charge on any atom is 0.247 e. The van der Waals surface area contributed by atoms with E-state index in [4.69, 9.17) is 4.74 Å². The molecule has 0 radical (unpaired) electrons. The molecule has 2 amide bonds. The number of fused-ring (bicyclic) bond motifs is 2. The summed E-state index contributed by atoms with van der Waals surface area (Å²) in [7, 11) is 1.46. The zero-order valence-corrected chi connectivity index (χ0v) is 10.5. The summed E-state index contributed by atoms with van der Waals surface area (Å²) in [6.07, 6.45) is 0.949. The van der Waals surface area contributed by atoms with E-state index in [1.165, 1.54) is 13.2 Å². The van der Waals surface area contributed by atoms with E-state index in [1.54, 1.807) is 11.0 Å². The molecule has 1 saturated heterocycles. The maximum absolute atomic E-state index is 12.1. The highest BCUT2D eigenvalue weighted by molar-refractivity contribution is 6.00. The van der Waals surface area contributed by atoms with Crippen molar-refractivity contribution in [2.45, 2.75) is 25.4 Å². The van der Waals surface area contributed by atoms with Crippen molar-refractivity contribution in [2.24, 2.45) is 0 Å². The minimum atomic E-state index is -0.409. The number of nitrogens with one attached hydrogen (secondary N) is 1. The Morgan fingerprint density at radius 1 is 1.42 bits per heavy atom. The predicted molar refractivity (Wildman–Crippen MR) is 66.9 cm³/mol. The van der Waals surface area contributed by atoms with E-state index in [9.17, 15) is 14.7 Å². The smallest absolute Gasteiger partial charge is 0.247 e. The number of carbonyl (C=O) groups excluding carboxylic acids is 2. The van der Waals surface area contributed by atoms with Crippen LogP contribution < -0.4 is 10.1 Å². The molecule has 2 N–H and O–H groups in total. The molecule has 1 atom stereocenters. The molecule has 1 fully saturated rings. The second kappa shape index (κ2) is 4.15. The third-order valence-electron chi connectivity index (χ3n) is 3.63. The van der Waals surface area contributed by atoms with Gasteiger partial charge in [-0.1, -0.05) is 0 Å². The molecule has 2 heterocycles. The third kappa shape index (κ3) is 1.80. The molecule has 0 aromatic heterocycles. The van der Waals surface area contributed by atoms with Gasteiger partial charge in [0.05, 0.1) is 7.11 Å². The SMILES string of the molecule is COc1cc2c(cc1O)NC(=O)[C@@H]1CCC(=O)N1C2. The van der Waals surface area contributed by atoms with Crippen LogP contribution >= 0.6 is 0 Å². The van der Waals surface area contributed by atoms with Gasteiger partial charge in [0.1, 0.15) is 6.04 Å². The number of aromatic hydroxyl groups is 1. The monoisotopic (exact) mass is 262 g/mol. The van der Waals surface area contributed by atoms with Crippen LogP contribution in [0.25, 0.3) is 0 Å². The van der Waals surface area contributed by atoms with Crippen LogP contribution in [0.3, 0.4) is 0 Å². The van der Waals surface area contributed by atoms with Crippen LogP contribution in [-0.2, 0) is 16.1 Å².